The van der Waals surface area contributed by atoms with E-state index in [1.807, 2.05) is 4.90 Å². The zero-order chi connectivity index (χ0) is 12.4. The molecule has 0 aliphatic carbocycles. The van der Waals surface area contributed by atoms with Crippen molar-refractivity contribution in [1.82, 2.24) is 4.90 Å². The summed E-state index contributed by atoms with van der Waals surface area (Å²) in [6.07, 6.45) is 2.22. The van der Waals surface area contributed by atoms with Crippen LogP contribution in [0.4, 0.5) is 5.69 Å². The van der Waals surface area contributed by atoms with E-state index in [1.54, 1.807) is 18.2 Å². The Balaban J connectivity index is 2.15. The van der Waals surface area contributed by atoms with Gasteiger partial charge in [0.1, 0.15) is 0 Å². The van der Waals surface area contributed by atoms with Crippen LogP contribution < -0.4 is 5.73 Å². The highest BCUT2D eigenvalue weighted by atomic mass is 35.5. The predicted octanol–water partition coefficient (Wildman–Crippen LogP) is 2.79. The molecule has 2 N–H and O–H groups in total. The minimum Gasteiger partial charge on any atom is -0.399 e. The quantitative estimate of drug-likeness (QED) is 0.823. The first-order valence-electron chi connectivity index (χ1n) is 5.96. The number of carbonyl (C=O) groups excluding carboxylic acids is 1. The predicted molar refractivity (Wildman–Crippen MR) is 70.2 cm³/mol. The summed E-state index contributed by atoms with van der Waals surface area (Å²) in [6, 6.07) is 5.05. The monoisotopic (exact) mass is 252 g/mol. The zero-order valence-corrected chi connectivity index (χ0v) is 10.7. The van der Waals surface area contributed by atoms with Crippen LogP contribution in [0.15, 0.2) is 18.2 Å². The fourth-order valence-electron chi connectivity index (χ4n) is 2.23. The van der Waals surface area contributed by atoms with Gasteiger partial charge in [-0.25, -0.2) is 0 Å². The fraction of sp³-hybridized carbons (Fsp3) is 0.462. The molecule has 1 fully saturated rings. The summed E-state index contributed by atoms with van der Waals surface area (Å²) < 4.78 is 0. The number of amides is 1. The number of benzene rings is 1. The summed E-state index contributed by atoms with van der Waals surface area (Å²) in [4.78, 5) is 14.1. The number of nitrogen functional groups attached to an aromatic ring is 1. The number of halogens is 1. The van der Waals surface area contributed by atoms with Crippen LogP contribution in [0.3, 0.4) is 0 Å². The Kier molecular flexibility index (Phi) is 3.57. The summed E-state index contributed by atoms with van der Waals surface area (Å²) in [6.45, 7) is 3.84. The van der Waals surface area contributed by atoms with E-state index in [1.165, 1.54) is 0 Å². The first kappa shape index (κ1) is 12.2. The summed E-state index contributed by atoms with van der Waals surface area (Å²) in [5.74, 6) is 0.650. The summed E-state index contributed by atoms with van der Waals surface area (Å²) in [7, 11) is 0. The zero-order valence-electron chi connectivity index (χ0n) is 9.95. The van der Waals surface area contributed by atoms with Crippen molar-refractivity contribution in [1.29, 1.82) is 0 Å². The highest BCUT2D eigenvalue weighted by Crippen LogP contribution is 2.25. The SMILES string of the molecule is CCC1CCN(C(=O)c2ccc(N)cc2Cl)C1. The smallest absolute Gasteiger partial charge is 0.255 e. The van der Waals surface area contributed by atoms with Gasteiger partial charge in [0.05, 0.1) is 10.6 Å². The maximum absolute atomic E-state index is 12.2. The largest absolute Gasteiger partial charge is 0.399 e. The van der Waals surface area contributed by atoms with E-state index >= 15 is 0 Å². The van der Waals surface area contributed by atoms with Gasteiger partial charge in [-0.05, 0) is 30.5 Å². The molecule has 0 saturated carbocycles. The van der Waals surface area contributed by atoms with Gasteiger partial charge in [0.25, 0.3) is 5.91 Å². The van der Waals surface area contributed by atoms with E-state index in [0.717, 1.165) is 25.9 Å². The molecular weight excluding hydrogens is 236 g/mol. The molecule has 0 radical (unpaired) electrons. The molecule has 0 bridgehead atoms. The molecule has 1 unspecified atom stereocenters. The van der Waals surface area contributed by atoms with Crippen LogP contribution in [0.1, 0.15) is 30.1 Å². The number of carbonyl (C=O) groups is 1. The molecule has 92 valence electrons. The van der Waals surface area contributed by atoms with Gasteiger partial charge in [-0.15, -0.1) is 0 Å². The van der Waals surface area contributed by atoms with Crippen molar-refractivity contribution in [2.24, 2.45) is 5.92 Å². The second-order valence-electron chi connectivity index (χ2n) is 4.55. The maximum atomic E-state index is 12.2. The lowest BCUT2D eigenvalue weighted by molar-refractivity contribution is 0.0787. The van der Waals surface area contributed by atoms with E-state index in [0.29, 0.717) is 22.2 Å². The van der Waals surface area contributed by atoms with Gasteiger partial charge < -0.3 is 10.6 Å². The second kappa shape index (κ2) is 4.96. The number of likely N-dealkylation sites (tertiary alicyclic amines) is 1. The Morgan fingerprint density at radius 1 is 1.59 bits per heavy atom. The van der Waals surface area contributed by atoms with Crippen molar-refractivity contribution < 1.29 is 4.79 Å². The summed E-state index contributed by atoms with van der Waals surface area (Å²) in [5.41, 5.74) is 6.75. The van der Waals surface area contributed by atoms with Crippen LogP contribution in [-0.4, -0.2) is 23.9 Å². The second-order valence-corrected chi connectivity index (χ2v) is 4.96. The van der Waals surface area contributed by atoms with Gasteiger partial charge in [0.2, 0.25) is 0 Å². The molecule has 17 heavy (non-hydrogen) atoms. The van der Waals surface area contributed by atoms with Crippen LogP contribution in [-0.2, 0) is 0 Å². The Morgan fingerprint density at radius 2 is 2.35 bits per heavy atom. The summed E-state index contributed by atoms with van der Waals surface area (Å²) >= 11 is 6.05. The average molecular weight is 253 g/mol. The number of anilines is 1. The molecule has 4 heteroatoms. The van der Waals surface area contributed by atoms with Gasteiger partial charge in [0, 0.05) is 18.8 Å². The van der Waals surface area contributed by atoms with Crippen molar-refractivity contribution in [2.45, 2.75) is 19.8 Å². The average Bonchev–Trinajstić information content (AvgIpc) is 2.76. The Morgan fingerprint density at radius 3 is 2.94 bits per heavy atom. The molecule has 1 atom stereocenters. The van der Waals surface area contributed by atoms with Gasteiger partial charge >= 0.3 is 0 Å². The number of nitrogens with zero attached hydrogens (tertiary/aromatic N) is 1. The number of hydrogen-bond donors (Lipinski definition) is 1. The van der Waals surface area contributed by atoms with E-state index in [-0.39, 0.29) is 5.91 Å². The topological polar surface area (TPSA) is 46.3 Å². The van der Waals surface area contributed by atoms with Crippen LogP contribution in [0, 0.1) is 5.92 Å². The van der Waals surface area contributed by atoms with E-state index < -0.39 is 0 Å². The molecule has 1 aliphatic rings. The van der Waals surface area contributed by atoms with Crippen molar-refractivity contribution in [3.63, 3.8) is 0 Å². The summed E-state index contributed by atoms with van der Waals surface area (Å²) in [5, 5.41) is 0.440. The standard InChI is InChI=1S/C13H17ClN2O/c1-2-9-5-6-16(8-9)13(17)11-4-3-10(15)7-12(11)14/h3-4,7,9H,2,5-6,8,15H2,1H3. The van der Waals surface area contributed by atoms with Crippen molar-refractivity contribution in [3.8, 4) is 0 Å². The molecule has 0 aromatic heterocycles. The lowest BCUT2D eigenvalue weighted by atomic mass is 10.1. The van der Waals surface area contributed by atoms with Gasteiger partial charge in [-0.3, -0.25) is 4.79 Å². The first-order chi connectivity index (χ1) is 8.11. The third-order valence-corrected chi connectivity index (χ3v) is 3.69. The van der Waals surface area contributed by atoms with Crippen LogP contribution in [0.25, 0.3) is 0 Å². The van der Waals surface area contributed by atoms with Crippen molar-refractivity contribution in [3.05, 3.63) is 28.8 Å². The van der Waals surface area contributed by atoms with Crippen LogP contribution in [0.2, 0.25) is 5.02 Å². The van der Waals surface area contributed by atoms with E-state index in [4.69, 9.17) is 17.3 Å². The molecule has 3 nitrogen and oxygen atoms in total. The lowest BCUT2D eigenvalue weighted by Crippen LogP contribution is -2.28. The van der Waals surface area contributed by atoms with Crippen LogP contribution in [0.5, 0.6) is 0 Å². The Hall–Kier alpha value is -1.22. The maximum Gasteiger partial charge on any atom is 0.255 e. The highest BCUT2D eigenvalue weighted by molar-refractivity contribution is 6.34. The number of rotatable bonds is 2. The molecule has 1 amide bonds. The minimum atomic E-state index is 0.0194. The first-order valence-corrected chi connectivity index (χ1v) is 6.34. The third-order valence-electron chi connectivity index (χ3n) is 3.37. The Labute approximate surface area is 107 Å². The van der Waals surface area contributed by atoms with E-state index in [9.17, 15) is 4.79 Å². The molecular formula is C13H17ClN2O. The number of nitrogens with two attached hydrogens (primary N) is 1. The van der Waals surface area contributed by atoms with Gasteiger partial charge in [-0.2, -0.15) is 0 Å². The molecule has 1 heterocycles. The molecule has 1 aliphatic heterocycles. The normalized spacial score (nSPS) is 19.6. The molecule has 1 aromatic carbocycles. The molecule has 1 aromatic rings. The molecule has 2 rings (SSSR count). The van der Waals surface area contributed by atoms with Crippen molar-refractivity contribution >= 4 is 23.2 Å². The highest BCUT2D eigenvalue weighted by Gasteiger charge is 2.26. The third kappa shape index (κ3) is 2.55. The lowest BCUT2D eigenvalue weighted by Gasteiger charge is -2.17. The fourth-order valence-corrected chi connectivity index (χ4v) is 2.50. The van der Waals surface area contributed by atoms with E-state index in [2.05, 4.69) is 6.92 Å². The minimum absolute atomic E-state index is 0.0194. The number of hydrogen-bond acceptors (Lipinski definition) is 2. The van der Waals surface area contributed by atoms with Gasteiger partial charge in [-0.1, -0.05) is 24.9 Å². The molecule has 0 spiro atoms. The Bertz CT molecular complexity index is 433. The molecule has 1 saturated heterocycles. The van der Waals surface area contributed by atoms with Crippen LogP contribution >= 0.6 is 11.6 Å². The van der Waals surface area contributed by atoms with Crippen molar-refractivity contribution in [2.75, 3.05) is 18.8 Å². The van der Waals surface area contributed by atoms with Gasteiger partial charge in [0.15, 0.2) is 0 Å².